The van der Waals surface area contributed by atoms with Crippen LogP contribution in [0.4, 0.5) is 0 Å². The largest absolute Gasteiger partial charge is 0.454 e. The summed E-state index contributed by atoms with van der Waals surface area (Å²) in [5.74, 6) is -0.0573. The van der Waals surface area contributed by atoms with Gasteiger partial charge in [-0.15, -0.1) is 0 Å². The van der Waals surface area contributed by atoms with E-state index >= 15 is 0 Å². The number of para-hydroxylation sites is 1. The Balaban J connectivity index is 2.58. The number of benzene rings is 1. The third-order valence-electron chi connectivity index (χ3n) is 1.58. The van der Waals surface area contributed by atoms with E-state index < -0.39 is 12.3 Å². The van der Waals surface area contributed by atoms with E-state index in [2.05, 4.69) is 6.58 Å². The van der Waals surface area contributed by atoms with E-state index in [0.717, 1.165) is 6.08 Å². The van der Waals surface area contributed by atoms with E-state index in [0.29, 0.717) is 10.8 Å². The molecule has 0 aliphatic heterocycles. The van der Waals surface area contributed by atoms with Crippen LogP contribution >= 0.6 is 11.6 Å². The number of esters is 1. The zero-order valence-electron chi connectivity index (χ0n) is 8.27. The Kier molecular flexibility index (Phi) is 4.18. The molecule has 1 aromatic rings. The molecule has 1 aromatic carbocycles. The smallest absolute Gasteiger partial charge is 0.333 e. The highest BCUT2D eigenvalue weighted by Crippen LogP contribution is 2.24. The Bertz CT molecular complexity index is 363. The van der Waals surface area contributed by atoms with Crippen molar-refractivity contribution in [2.75, 3.05) is 0 Å². The van der Waals surface area contributed by atoms with Crippen molar-refractivity contribution >= 4 is 17.6 Å². The highest BCUT2D eigenvalue weighted by atomic mass is 35.5. The summed E-state index contributed by atoms with van der Waals surface area (Å²) >= 11 is 5.85. The van der Waals surface area contributed by atoms with Crippen LogP contribution < -0.4 is 4.74 Å². The molecule has 0 saturated carbocycles. The molecule has 0 aromatic heterocycles. The van der Waals surface area contributed by atoms with Crippen LogP contribution in [0.3, 0.4) is 0 Å². The van der Waals surface area contributed by atoms with E-state index in [-0.39, 0.29) is 0 Å². The summed E-state index contributed by atoms with van der Waals surface area (Å²) < 4.78 is 10.1. The first-order chi connectivity index (χ1) is 7.13. The molecule has 0 saturated heterocycles. The number of ether oxygens (including phenoxy) is 2. The van der Waals surface area contributed by atoms with Crippen LogP contribution in [0.2, 0.25) is 5.02 Å². The fourth-order valence-electron chi connectivity index (χ4n) is 0.955. The van der Waals surface area contributed by atoms with Gasteiger partial charge in [-0.1, -0.05) is 30.3 Å². The van der Waals surface area contributed by atoms with Gasteiger partial charge in [0, 0.05) is 13.0 Å². The highest BCUT2D eigenvalue weighted by molar-refractivity contribution is 6.32. The molecule has 0 heterocycles. The molecule has 0 aliphatic rings. The summed E-state index contributed by atoms with van der Waals surface area (Å²) in [7, 11) is 0. The van der Waals surface area contributed by atoms with Crippen LogP contribution in [0.15, 0.2) is 36.9 Å². The lowest BCUT2D eigenvalue weighted by Gasteiger charge is -2.14. The van der Waals surface area contributed by atoms with Crippen LogP contribution in [0, 0.1) is 0 Å². The van der Waals surface area contributed by atoms with Gasteiger partial charge >= 0.3 is 5.97 Å². The number of hydrogen-bond acceptors (Lipinski definition) is 3. The predicted molar refractivity (Wildman–Crippen MR) is 57.8 cm³/mol. The SMILES string of the molecule is C=CC(=O)OC(C)Oc1ccccc1Cl. The molecule has 0 N–H and O–H groups in total. The van der Waals surface area contributed by atoms with Gasteiger partial charge in [-0.2, -0.15) is 0 Å². The minimum atomic E-state index is -0.699. The first-order valence-corrected chi connectivity index (χ1v) is 4.75. The lowest BCUT2D eigenvalue weighted by molar-refractivity contribution is -0.154. The number of rotatable bonds is 4. The topological polar surface area (TPSA) is 35.5 Å². The molecule has 0 fully saturated rings. The molecule has 3 nitrogen and oxygen atoms in total. The van der Waals surface area contributed by atoms with Gasteiger partial charge in [0.05, 0.1) is 5.02 Å². The van der Waals surface area contributed by atoms with Crippen molar-refractivity contribution in [2.45, 2.75) is 13.2 Å². The zero-order chi connectivity index (χ0) is 11.3. The molecule has 80 valence electrons. The third kappa shape index (κ3) is 3.64. The summed E-state index contributed by atoms with van der Waals surface area (Å²) in [6.07, 6.45) is 0.377. The molecule has 1 rings (SSSR count). The van der Waals surface area contributed by atoms with Crippen LogP contribution in [-0.2, 0) is 9.53 Å². The zero-order valence-corrected chi connectivity index (χ0v) is 9.03. The monoisotopic (exact) mass is 226 g/mol. The van der Waals surface area contributed by atoms with Gasteiger partial charge in [0.1, 0.15) is 5.75 Å². The molecule has 0 amide bonds. The maximum atomic E-state index is 10.8. The van der Waals surface area contributed by atoms with Gasteiger partial charge in [-0.25, -0.2) is 4.79 Å². The second-order valence-corrected chi connectivity index (χ2v) is 3.16. The molecular weight excluding hydrogens is 216 g/mol. The molecule has 4 heteroatoms. The molecular formula is C11H11ClO3. The summed E-state index contributed by atoms with van der Waals surface area (Å²) in [5, 5.41) is 0.471. The van der Waals surface area contributed by atoms with Crippen molar-refractivity contribution in [1.29, 1.82) is 0 Å². The number of carbonyl (C=O) groups is 1. The minimum Gasteiger partial charge on any atom is -0.454 e. The van der Waals surface area contributed by atoms with Gasteiger partial charge in [0.15, 0.2) is 0 Å². The third-order valence-corrected chi connectivity index (χ3v) is 1.89. The minimum absolute atomic E-state index is 0.471. The molecule has 15 heavy (non-hydrogen) atoms. The number of hydrogen-bond donors (Lipinski definition) is 0. The normalized spacial score (nSPS) is 11.6. The summed E-state index contributed by atoms with van der Waals surface area (Å²) in [6, 6.07) is 6.96. The Labute approximate surface area is 93.3 Å². The molecule has 1 unspecified atom stereocenters. The van der Waals surface area contributed by atoms with Gasteiger partial charge in [-0.05, 0) is 12.1 Å². The molecule has 1 atom stereocenters. The van der Waals surface area contributed by atoms with Gasteiger partial charge in [-0.3, -0.25) is 0 Å². The van der Waals surface area contributed by atoms with Gasteiger partial charge in [0.25, 0.3) is 0 Å². The van der Waals surface area contributed by atoms with Crippen LogP contribution in [0.25, 0.3) is 0 Å². The second-order valence-electron chi connectivity index (χ2n) is 2.76. The Morgan fingerprint density at radius 3 is 2.80 bits per heavy atom. The fraction of sp³-hybridized carbons (Fsp3) is 0.182. The van der Waals surface area contributed by atoms with E-state index in [1.165, 1.54) is 0 Å². The summed E-state index contributed by atoms with van der Waals surface area (Å²) in [6.45, 7) is 4.88. The van der Waals surface area contributed by atoms with Gasteiger partial charge < -0.3 is 9.47 Å². The maximum absolute atomic E-state index is 10.8. The lowest BCUT2D eigenvalue weighted by atomic mass is 10.3. The molecule has 0 radical (unpaired) electrons. The first-order valence-electron chi connectivity index (χ1n) is 4.37. The van der Waals surface area contributed by atoms with E-state index in [1.807, 2.05) is 0 Å². The summed E-state index contributed by atoms with van der Waals surface area (Å²) in [5.41, 5.74) is 0. The van der Waals surface area contributed by atoms with E-state index in [1.54, 1.807) is 31.2 Å². The van der Waals surface area contributed by atoms with Gasteiger partial charge in [0.2, 0.25) is 6.29 Å². The quantitative estimate of drug-likeness (QED) is 0.450. The van der Waals surface area contributed by atoms with Crippen molar-refractivity contribution < 1.29 is 14.3 Å². The van der Waals surface area contributed by atoms with Crippen molar-refractivity contribution in [3.8, 4) is 5.75 Å². The van der Waals surface area contributed by atoms with Crippen molar-refractivity contribution in [3.63, 3.8) is 0 Å². The average molecular weight is 227 g/mol. The van der Waals surface area contributed by atoms with Crippen molar-refractivity contribution in [2.24, 2.45) is 0 Å². The predicted octanol–water partition coefficient (Wildman–Crippen LogP) is 2.79. The Hall–Kier alpha value is -1.48. The fourth-order valence-corrected chi connectivity index (χ4v) is 1.14. The first kappa shape index (κ1) is 11.6. The Morgan fingerprint density at radius 2 is 2.20 bits per heavy atom. The Morgan fingerprint density at radius 1 is 1.53 bits per heavy atom. The van der Waals surface area contributed by atoms with Crippen molar-refractivity contribution in [3.05, 3.63) is 41.9 Å². The number of carbonyl (C=O) groups excluding carboxylic acids is 1. The van der Waals surface area contributed by atoms with Crippen LogP contribution in [0.1, 0.15) is 6.92 Å². The maximum Gasteiger partial charge on any atom is 0.333 e. The van der Waals surface area contributed by atoms with E-state index in [4.69, 9.17) is 21.1 Å². The van der Waals surface area contributed by atoms with E-state index in [9.17, 15) is 4.79 Å². The van der Waals surface area contributed by atoms with Crippen molar-refractivity contribution in [1.82, 2.24) is 0 Å². The highest BCUT2D eigenvalue weighted by Gasteiger charge is 2.09. The number of halogens is 1. The van der Waals surface area contributed by atoms with Crippen LogP contribution in [0.5, 0.6) is 5.75 Å². The average Bonchev–Trinajstić information content (AvgIpc) is 2.21. The second kappa shape index (κ2) is 5.41. The molecule has 0 spiro atoms. The molecule has 0 bridgehead atoms. The summed E-state index contributed by atoms with van der Waals surface area (Å²) in [4.78, 5) is 10.8. The standard InChI is InChI=1S/C11H11ClO3/c1-3-11(13)15-8(2)14-10-7-5-4-6-9(10)12/h3-8H,1H2,2H3. The van der Waals surface area contributed by atoms with Crippen LogP contribution in [-0.4, -0.2) is 12.3 Å². The lowest BCUT2D eigenvalue weighted by Crippen LogP contribution is -2.19. The molecule has 0 aliphatic carbocycles.